The van der Waals surface area contributed by atoms with Crippen molar-refractivity contribution in [3.8, 4) is 17.2 Å². The highest BCUT2D eigenvalue weighted by Crippen LogP contribution is 2.33. The average Bonchev–Trinajstić information content (AvgIpc) is 2.93. The Balaban J connectivity index is 2.02. The van der Waals surface area contributed by atoms with Gasteiger partial charge >= 0.3 is 35.8 Å². The van der Waals surface area contributed by atoms with E-state index in [-0.39, 0.29) is 11.5 Å². The molecular formula is C31H32O14. The first kappa shape index (κ1) is 34.3. The zero-order valence-electron chi connectivity index (χ0n) is 25.3. The van der Waals surface area contributed by atoms with Crippen LogP contribution < -0.4 is 14.2 Å². The molecule has 1 saturated heterocycles. The van der Waals surface area contributed by atoms with Gasteiger partial charge in [-0.05, 0) is 35.4 Å². The van der Waals surface area contributed by atoms with Crippen molar-refractivity contribution < 1.29 is 66.7 Å². The van der Waals surface area contributed by atoms with E-state index in [4.69, 9.17) is 37.9 Å². The highest BCUT2D eigenvalue weighted by atomic mass is 16.7. The van der Waals surface area contributed by atoms with Gasteiger partial charge in [0.1, 0.15) is 17.2 Å². The van der Waals surface area contributed by atoms with Crippen molar-refractivity contribution in [2.24, 2.45) is 0 Å². The lowest BCUT2D eigenvalue weighted by atomic mass is 9.97. The number of carbonyl (C=O) groups is 6. The standard InChI is InChI=1S/C31H32O14/c1-16(32)39-23-11-9-21(10-12-23)7-8-22-13-24(40-17(2)33)15-25(14-22)44-31-29(43-20(5)36)27(42-19(4)35)26(41-18(3)34)28(45-31)30(37)38-6/h7-15,26-29,31H,1-6H3/b8-7+/t26-,27-,28-,29-,31+/m0/s1. The number of methoxy groups -OCH3 is 1. The van der Waals surface area contributed by atoms with E-state index in [1.807, 2.05) is 0 Å². The lowest BCUT2D eigenvalue weighted by Crippen LogP contribution is -2.64. The monoisotopic (exact) mass is 628 g/mol. The summed E-state index contributed by atoms with van der Waals surface area (Å²) in [6.07, 6.45) is -4.55. The summed E-state index contributed by atoms with van der Waals surface area (Å²) in [7, 11) is 1.07. The number of esters is 6. The highest BCUT2D eigenvalue weighted by molar-refractivity contribution is 5.77. The molecule has 2 aromatic rings. The Morgan fingerprint density at radius 3 is 1.67 bits per heavy atom. The van der Waals surface area contributed by atoms with Gasteiger partial charge in [-0.3, -0.25) is 24.0 Å². The lowest BCUT2D eigenvalue weighted by Gasteiger charge is -2.43. The van der Waals surface area contributed by atoms with Crippen molar-refractivity contribution in [2.45, 2.75) is 65.3 Å². The Kier molecular flexibility index (Phi) is 11.8. The van der Waals surface area contributed by atoms with Gasteiger partial charge in [0, 0.05) is 40.7 Å². The minimum atomic E-state index is -1.66. The van der Waals surface area contributed by atoms with E-state index in [0.717, 1.165) is 33.4 Å². The summed E-state index contributed by atoms with van der Waals surface area (Å²) in [4.78, 5) is 71.7. The molecule has 0 N–H and O–H groups in total. The molecule has 0 aromatic heterocycles. The molecule has 14 nitrogen and oxygen atoms in total. The third-order valence-corrected chi connectivity index (χ3v) is 5.86. The summed E-state index contributed by atoms with van der Waals surface area (Å²) in [5.41, 5.74) is 1.21. The second-order valence-corrected chi connectivity index (χ2v) is 9.62. The molecule has 0 saturated carbocycles. The van der Waals surface area contributed by atoms with Gasteiger partial charge < -0.3 is 37.9 Å². The van der Waals surface area contributed by atoms with E-state index >= 15 is 0 Å². The molecule has 45 heavy (non-hydrogen) atoms. The molecule has 0 aliphatic carbocycles. The van der Waals surface area contributed by atoms with E-state index in [1.54, 1.807) is 42.5 Å². The molecule has 1 aliphatic rings. The van der Waals surface area contributed by atoms with Crippen molar-refractivity contribution in [3.05, 3.63) is 53.6 Å². The summed E-state index contributed by atoms with van der Waals surface area (Å²) in [6.45, 7) is 5.71. The number of carbonyl (C=O) groups excluding carboxylic acids is 6. The van der Waals surface area contributed by atoms with E-state index in [9.17, 15) is 28.8 Å². The van der Waals surface area contributed by atoms with Crippen LogP contribution in [0.2, 0.25) is 0 Å². The van der Waals surface area contributed by atoms with Gasteiger partial charge in [-0.25, -0.2) is 4.79 Å². The van der Waals surface area contributed by atoms with Crippen LogP contribution in [0.15, 0.2) is 42.5 Å². The molecule has 240 valence electrons. The summed E-state index contributed by atoms with van der Waals surface area (Å²) >= 11 is 0. The number of benzene rings is 2. The molecule has 0 amide bonds. The molecule has 0 radical (unpaired) electrons. The number of ether oxygens (including phenoxy) is 8. The Labute approximate surface area is 258 Å². The molecule has 14 heteroatoms. The SMILES string of the molecule is COC(=O)[C@H]1O[C@@H](Oc2cc(/C=C/c3ccc(OC(C)=O)cc3)cc(OC(C)=O)c2)[C@@H](OC(C)=O)[C@@H](OC(C)=O)[C@@H]1OC(C)=O. The minimum Gasteiger partial charge on any atom is -0.467 e. The largest absolute Gasteiger partial charge is 0.467 e. The van der Waals surface area contributed by atoms with Crippen LogP contribution in [-0.2, 0) is 52.5 Å². The van der Waals surface area contributed by atoms with Crippen molar-refractivity contribution >= 4 is 48.0 Å². The zero-order chi connectivity index (χ0) is 33.3. The van der Waals surface area contributed by atoms with E-state index in [1.165, 1.54) is 26.0 Å². The van der Waals surface area contributed by atoms with Gasteiger partial charge in [-0.1, -0.05) is 24.3 Å². The van der Waals surface area contributed by atoms with E-state index < -0.39 is 66.5 Å². The summed E-state index contributed by atoms with van der Waals surface area (Å²) in [6, 6.07) is 11.1. The third kappa shape index (κ3) is 10.2. The first-order valence-electron chi connectivity index (χ1n) is 13.5. The van der Waals surface area contributed by atoms with Crippen LogP contribution in [-0.4, -0.2) is 73.6 Å². The van der Waals surface area contributed by atoms with Gasteiger partial charge in [-0.15, -0.1) is 0 Å². The minimum absolute atomic E-state index is 0.0249. The molecule has 3 rings (SSSR count). The third-order valence-electron chi connectivity index (χ3n) is 5.86. The van der Waals surface area contributed by atoms with Crippen LogP contribution in [0, 0.1) is 0 Å². The van der Waals surface area contributed by atoms with Gasteiger partial charge in [-0.2, -0.15) is 0 Å². The molecule has 0 unspecified atom stereocenters. The molecule has 1 fully saturated rings. The maximum absolute atomic E-state index is 12.7. The highest BCUT2D eigenvalue weighted by Gasteiger charge is 2.55. The number of hydrogen-bond acceptors (Lipinski definition) is 14. The average molecular weight is 629 g/mol. The fourth-order valence-corrected chi connectivity index (χ4v) is 4.30. The topological polar surface area (TPSA) is 176 Å². The van der Waals surface area contributed by atoms with Crippen molar-refractivity contribution in [3.63, 3.8) is 0 Å². The zero-order valence-corrected chi connectivity index (χ0v) is 25.3. The second kappa shape index (κ2) is 15.5. The Morgan fingerprint density at radius 2 is 1.11 bits per heavy atom. The van der Waals surface area contributed by atoms with Crippen molar-refractivity contribution in [2.75, 3.05) is 7.11 Å². The van der Waals surface area contributed by atoms with E-state index in [0.29, 0.717) is 11.3 Å². The van der Waals surface area contributed by atoms with Crippen molar-refractivity contribution in [1.82, 2.24) is 0 Å². The second-order valence-electron chi connectivity index (χ2n) is 9.62. The van der Waals surface area contributed by atoms with Gasteiger partial charge in [0.25, 0.3) is 0 Å². The Hall–Kier alpha value is -5.24. The normalized spacial score (nSPS) is 20.8. The van der Waals surface area contributed by atoms with Crippen LogP contribution in [0.1, 0.15) is 45.7 Å². The van der Waals surface area contributed by atoms with Gasteiger partial charge in [0.15, 0.2) is 18.3 Å². The maximum atomic E-state index is 12.7. The molecule has 0 spiro atoms. The van der Waals surface area contributed by atoms with Crippen LogP contribution in [0.25, 0.3) is 12.2 Å². The molecule has 2 aromatic carbocycles. The maximum Gasteiger partial charge on any atom is 0.339 e. The molecule has 0 bridgehead atoms. The first-order valence-corrected chi connectivity index (χ1v) is 13.5. The number of rotatable bonds is 10. The van der Waals surface area contributed by atoms with Crippen LogP contribution >= 0.6 is 0 Å². The van der Waals surface area contributed by atoms with E-state index in [2.05, 4.69) is 0 Å². The quantitative estimate of drug-likeness (QED) is 0.162. The van der Waals surface area contributed by atoms with Crippen molar-refractivity contribution in [1.29, 1.82) is 0 Å². The smallest absolute Gasteiger partial charge is 0.339 e. The lowest BCUT2D eigenvalue weighted by molar-refractivity contribution is -0.282. The Morgan fingerprint density at radius 1 is 0.600 bits per heavy atom. The first-order chi connectivity index (χ1) is 21.2. The molecular weight excluding hydrogens is 596 g/mol. The summed E-state index contributed by atoms with van der Waals surface area (Å²) in [5, 5.41) is 0. The molecule has 5 atom stereocenters. The predicted octanol–water partition coefficient (Wildman–Crippen LogP) is 2.78. The van der Waals surface area contributed by atoms with Gasteiger partial charge in [0.2, 0.25) is 12.4 Å². The summed E-state index contributed by atoms with van der Waals surface area (Å²) in [5.74, 6) is -4.12. The van der Waals surface area contributed by atoms with Gasteiger partial charge in [0.05, 0.1) is 7.11 Å². The molecule has 1 aliphatic heterocycles. The number of hydrogen-bond donors (Lipinski definition) is 0. The predicted molar refractivity (Wildman–Crippen MR) is 152 cm³/mol. The fourth-order valence-electron chi connectivity index (χ4n) is 4.30. The van der Waals surface area contributed by atoms with Crippen LogP contribution in [0.4, 0.5) is 0 Å². The Bertz CT molecular complexity index is 1460. The van der Waals surface area contributed by atoms with Crippen LogP contribution in [0.5, 0.6) is 17.2 Å². The summed E-state index contributed by atoms with van der Waals surface area (Å²) < 4.78 is 42.9. The van der Waals surface area contributed by atoms with Crippen LogP contribution in [0.3, 0.4) is 0 Å². The fraction of sp³-hybridized carbons (Fsp3) is 0.355. The molecule has 1 heterocycles.